The van der Waals surface area contributed by atoms with Crippen molar-refractivity contribution in [3.8, 4) is 0 Å². The first kappa shape index (κ1) is 21.9. The highest BCUT2D eigenvalue weighted by Crippen LogP contribution is 2.49. The summed E-state index contributed by atoms with van der Waals surface area (Å²) in [5, 5.41) is 5.72. The van der Waals surface area contributed by atoms with Crippen LogP contribution in [-0.2, 0) is 18.3 Å². The monoisotopic (exact) mass is 452 g/mol. The summed E-state index contributed by atoms with van der Waals surface area (Å²) < 4.78 is 0. The summed E-state index contributed by atoms with van der Waals surface area (Å²) in [7, 11) is 0. The van der Waals surface area contributed by atoms with Crippen LogP contribution < -0.4 is 5.32 Å². The van der Waals surface area contributed by atoms with Crippen molar-refractivity contribution in [2.24, 2.45) is 11.8 Å². The zero-order valence-corrected chi connectivity index (χ0v) is 20.5. The summed E-state index contributed by atoms with van der Waals surface area (Å²) in [6, 6.07) is 22.0. The van der Waals surface area contributed by atoms with E-state index < -0.39 is 0 Å². The lowest BCUT2D eigenvalue weighted by atomic mass is 9.59. The number of carbonyl (C=O) groups excluding carboxylic acids is 1. The molecule has 1 aliphatic heterocycles. The Morgan fingerprint density at radius 3 is 2.76 bits per heavy atom. The van der Waals surface area contributed by atoms with Gasteiger partial charge >= 0.3 is 0 Å². The first-order valence-electron chi connectivity index (χ1n) is 13.2. The Balaban J connectivity index is 1.17. The SMILES string of the molecule is CC1[C@H]2Cc3ccc(C(=O)NCCc4cccc5ccccc45)cc3[C@]1(C)CCN2CC1CC1. The minimum Gasteiger partial charge on any atom is -0.352 e. The average Bonchev–Trinajstić information content (AvgIpc) is 3.67. The molecule has 6 rings (SSSR count). The van der Waals surface area contributed by atoms with Gasteiger partial charge in [0.1, 0.15) is 0 Å². The second-order valence-corrected chi connectivity index (χ2v) is 11.2. The molecule has 1 heterocycles. The summed E-state index contributed by atoms with van der Waals surface area (Å²) in [6.45, 7) is 8.03. The van der Waals surface area contributed by atoms with Crippen LogP contribution in [0.2, 0.25) is 0 Å². The van der Waals surface area contributed by atoms with E-state index in [-0.39, 0.29) is 11.3 Å². The minimum atomic E-state index is 0.0487. The number of fused-ring (bicyclic) bond motifs is 5. The van der Waals surface area contributed by atoms with E-state index in [1.165, 1.54) is 59.8 Å². The first-order chi connectivity index (χ1) is 16.5. The smallest absolute Gasteiger partial charge is 0.251 e. The van der Waals surface area contributed by atoms with Gasteiger partial charge in [0, 0.05) is 24.7 Å². The molecule has 2 fully saturated rings. The Morgan fingerprint density at radius 2 is 1.91 bits per heavy atom. The van der Waals surface area contributed by atoms with Gasteiger partial charge in [-0.1, -0.05) is 62.4 Å². The Labute approximate surface area is 203 Å². The molecule has 3 nitrogen and oxygen atoms in total. The Morgan fingerprint density at radius 1 is 1.09 bits per heavy atom. The number of carbonyl (C=O) groups is 1. The summed E-state index contributed by atoms with van der Waals surface area (Å²) in [6.07, 6.45) is 6.00. The summed E-state index contributed by atoms with van der Waals surface area (Å²) in [5.74, 6) is 1.61. The molecule has 3 heteroatoms. The van der Waals surface area contributed by atoms with Crippen LogP contribution in [0, 0.1) is 11.8 Å². The predicted octanol–water partition coefficient (Wildman–Crippen LogP) is 5.75. The maximum Gasteiger partial charge on any atom is 0.251 e. The van der Waals surface area contributed by atoms with E-state index in [9.17, 15) is 4.79 Å². The van der Waals surface area contributed by atoms with Gasteiger partial charge in [-0.3, -0.25) is 9.69 Å². The van der Waals surface area contributed by atoms with E-state index >= 15 is 0 Å². The number of benzene rings is 3. The average molecular weight is 453 g/mol. The molecular formula is C31H36N2O. The van der Waals surface area contributed by atoms with Crippen molar-refractivity contribution in [1.82, 2.24) is 10.2 Å². The number of amides is 1. The highest BCUT2D eigenvalue weighted by molar-refractivity contribution is 5.94. The minimum absolute atomic E-state index is 0.0487. The van der Waals surface area contributed by atoms with Gasteiger partial charge in [-0.15, -0.1) is 0 Å². The molecule has 1 saturated carbocycles. The van der Waals surface area contributed by atoms with Crippen LogP contribution in [0.25, 0.3) is 10.8 Å². The Bertz CT molecular complexity index is 1220. The third-order valence-corrected chi connectivity index (χ3v) is 9.14. The van der Waals surface area contributed by atoms with Gasteiger partial charge in [0.25, 0.3) is 5.91 Å². The topological polar surface area (TPSA) is 32.3 Å². The van der Waals surface area contributed by atoms with Gasteiger partial charge in [-0.2, -0.15) is 0 Å². The Hall–Kier alpha value is -2.65. The molecule has 0 aromatic heterocycles. The predicted molar refractivity (Wildman–Crippen MR) is 139 cm³/mol. The van der Waals surface area contributed by atoms with Gasteiger partial charge in [-0.05, 0) is 95.5 Å². The number of nitrogens with zero attached hydrogens (tertiary/aromatic N) is 1. The molecule has 3 aliphatic rings. The molecule has 1 N–H and O–H groups in total. The first-order valence-corrected chi connectivity index (χ1v) is 13.2. The number of likely N-dealkylation sites (tertiary alicyclic amines) is 1. The molecule has 1 amide bonds. The van der Waals surface area contributed by atoms with Crippen molar-refractivity contribution in [2.45, 2.75) is 57.4 Å². The molecule has 2 bridgehead atoms. The molecule has 0 radical (unpaired) electrons. The molecule has 1 unspecified atom stereocenters. The zero-order chi connectivity index (χ0) is 23.3. The van der Waals surface area contributed by atoms with Crippen molar-refractivity contribution < 1.29 is 4.79 Å². The molecule has 3 atom stereocenters. The van der Waals surface area contributed by atoms with Crippen molar-refractivity contribution >= 4 is 16.7 Å². The van der Waals surface area contributed by atoms with Crippen molar-refractivity contribution in [3.63, 3.8) is 0 Å². The maximum absolute atomic E-state index is 13.1. The standard InChI is InChI=1S/C31H36N2O/c1-21-29-19-25-12-13-26(18-28(25)31(21,2)15-17-33(29)20-22-10-11-22)30(34)32-16-14-24-8-5-7-23-6-3-4-9-27(23)24/h3-9,12-13,18,21-22,29H,10-11,14-17,19-20H2,1-2H3,(H,32,34)/t21?,29-,31-/m1/s1. The normalized spacial score (nSPS) is 26.3. The number of hydrogen-bond acceptors (Lipinski definition) is 2. The van der Waals surface area contributed by atoms with E-state index in [1.807, 2.05) is 6.07 Å². The quantitative estimate of drug-likeness (QED) is 0.517. The zero-order valence-electron chi connectivity index (χ0n) is 20.5. The second-order valence-electron chi connectivity index (χ2n) is 11.2. The molecule has 3 aromatic rings. The number of piperidine rings is 1. The van der Waals surface area contributed by atoms with Gasteiger partial charge in [0.2, 0.25) is 0 Å². The third kappa shape index (κ3) is 3.84. The van der Waals surface area contributed by atoms with Crippen LogP contribution in [0.15, 0.2) is 60.7 Å². The molecule has 3 aromatic carbocycles. The van der Waals surface area contributed by atoms with Crippen LogP contribution in [0.5, 0.6) is 0 Å². The fraction of sp³-hybridized carbons (Fsp3) is 0.452. The summed E-state index contributed by atoms with van der Waals surface area (Å²) >= 11 is 0. The largest absolute Gasteiger partial charge is 0.352 e. The highest BCUT2D eigenvalue weighted by Gasteiger charge is 2.49. The number of rotatable bonds is 6. The third-order valence-electron chi connectivity index (χ3n) is 9.14. The molecule has 2 aliphatic carbocycles. The fourth-order valence-corrected chi connectivity index (χ4v) is 6.63. The van der Waals surface area contributed by atoms with E-state index in [4.69, 9.17) is 0 Å². The molecule has 176 valence electrons. The van der Waals surface area contributed by atoms with Gasteiger partial charge in [0.15, 0.2) is 0 Å². The molecule has 1 saturated heterocycles. The molecular weight excluding hydrogens is 416 g/mol. The molecule has 34 heavy (non-hydrogen) atoms. The van der Waals surface area contributed by atoms with Crippen LogP contribution in [0.4, 0.5) is 0 Å². The summed E-state index contributed by atoms with van der Waals surface area (Å²) in [4.78, 5) is 15.9. The van der Waals surface area contributed by atoms with E-state index in [0.29, 0.717) is 18.5 Å². The lowest BCUT2D eigenvalue weighted by molar-refractivity contribution is 0.0284. The van der Waals surface area contributed by atoms with Gasteiger partial charge < -0.3 is 5.32 Å². The van der Waals surface area contributed by atoms with Crippen molar-refractivity contribution in [1.29, 1.82) is 0 Å². The van der Waals surface area contributed by atoms with E-state index in [1.54, 1.807) is 0 Å². The van der Waals surface area contributed by atoms with E-state index in [2.05, 4.69) is 78.7 Å². The summed E-state index contributed by atoms with van der Waals surface area (Å²) in [5.41, 5.74) is 5.14. The van der Waals surface area contributed by atoms with Crippen molar-refractivity contribution in [3.05, 3.63) is 82.9 Å². The number of nitrogens with one attached hydrogen (secondary N) is 1. The van der Waals surface area contributed by atoms with Gasteiger partial charge in [0.05, 0.1) is 0 Å². The molecule has 0 spiro atoms. The van der Waals surface area contributed by atoms with Crippen LogP contribution >= 0.6 is 0 Å². The second kappa shape index (κ2) is 8.53. The Kier molecular flexibility index (Phi) is 5.49. The van der Waals surface area contributed by atoms with E-state index in [0.717, 1.165) is 24.3 Å². The van der Waals surface area contributed by atoms with Crippen LogP contribution in [-0.4, -0.2) is 36.5 Å². The van der Waals surface area contributed by atoms with Crippen molar-refractivity contribution in [2.75, 3.05) is 19.6 Å². The fourth-order valence-electron chi connectivity index (χ4n) is 6.63. The van der Waals surface area contributed by atoms with Crippen LogP contribution in [0.3, 0.4) is 0 Å². The number of hydrogen-bond donors (Lipinski definition) is 1. The van der Waals surface area contributed by atoms with Crippen LogP contribution in [0.1, 0.15) is 60.2 Å². The van der Waals surface area contributed by atoms with Gasteiger partial charge in [-0.25, -0.2) is 0 Å². The maximum atomic E-state index is 13.1. The lowest BCUT2D eigenvalue weighted by Gasteiger charge is -2.55. The highest BCUT2D eigenvalue weighted by atomic mass is 16.1. The lowest BCUT2D eigenvalue weighted by Crippen LogP contribution is -2.58.